The third-order valence-electron chi connectivity index (χ3n) is 1.04. The Morgan fingerprint density at radius 3 is 2.58 bits per heavy atom. The molecule has 0 radical (unpaired) electrons. The fourth-order valence-electron chi connectivity index (χ4n) is 0.484. The van der Waals surface area contributed by atoms with E-state index >= 15 is 0 Å². The van der Waals surface area contributed by atoms with E-state index in [9.17, 15) is 4.79 Å². The van der Waals surface area contributed by atoms with Crippen LogP contribution in [0.2, 0.25) is 0 Å². The summed E-state index contributed by atoms with van der Waals surface area (Å²) in [5.41, 5.74) is 0. The molecule has 4 heteroatoms. The summed E-state index contributed by atoms with van der Waals surface area (Å²) in [6, 6.07) is 0. The second kappa shape index (κ2) is 6.67. The lowest BCUT2D eigenvalue weighted by atomic mass is 10.6. The number of hydrogen-bond donors (Lipinski definition) is 0. The molecule has 0 heterocycles. The van der Waals surface area contributed by atoms with Gasteiger partial charge in [-0.1, -0.05) is 0 Å². The van der Waals surface area contributed by atoms with Crippen LogP contribution < -0.4 is 0 Å². The van der Waals surface area contributed by atoms with Gasteiger partial charge in [-0.2, -0.15) is 0 Å². The van der Waals surface area contributed by atoms with Crippen LogP contribution in [-0.4, -0.2) is 45.3 Å². The van der Waals surface area contributed by atoms with Gasteiger partial charge in [-0.3, -0.25) is 0 Å². The number of carbonyl (C=O) groups excluding carboxylic acids is 1. The molecule has 0 N–H and O–H groups in total. The molecule has 0 aromatic rings. The minimum atomic E-state index is -0.347. The van der Waals surface area contributed by atoms with Crippen molar-refractivity contribution in [2.45, 2.75) is 0 Å². The number of nitrogens with zero attached hydrogens (tertiary/aromatic N) is 1. The summed E-state index contributed by atoms with van der Waals surface area (Å²) in [4.78, 5) is 12.6. The van der Waals surface area contributed by atoms with Crippen molar-refractivity contribution in [3.8, 4) is 0 Å². The Labute approximate surface area is 72.8 Å². The minimum Gasteiger partial charge on any atom is -0.460 e. The molecule has 0 aliphatic rings. The van der Waals surface area contributed by atoms with Crippen molar-refractivity contribution in [2.24, 2.45) is 0 Å². The standard InChI is InChI=1S/C8H15NO3/c1-9(2)5-4-8(10)12-7-6-11-3/h4-5H,6-7H2,1-3H3. The van der Waals surface area contributed by atoms with Crippen LogP contribution in [0.5, 0.6) is 0 Å². The molecule has 0 saturated heterocycles. The first-order chi connectivity index (χ1) is 5.66. The van der Waals surface area contributed by atoms with Crippen LogP contribution in [-0.2, 0) is 14.3 Å². The predicted octanol–water partition coefficient (Wildman–Crippen LogP) is 0.251. The van der Waals surface area contributed by atoms with E-state index < -0.39 is 0 Å². The van der Waals surface area contributed by atoms with Gasteiger partial charge in [0.05, 0.1) is 6.61 Å². The van der Waals surface area contributed by atoms with Gasteiger partial charge in [-0.15, -0.1) is 0 Å². The van der Waals surface area contributed by atoms with Crippen LogP contribution in [0.25, 0.3) is 0 Å². The molecule has 0 rings (SSSR count). The first-order valence-electron chi connectivity index (χ1n) is 3.67. The van der Waals surface area contributed by atoms with Crippen LogP contribution in [0, 0.1) is 0 Å². The van der Waals surface area contributed by atoms with Crippen LogP contribution in [0.4, 0.5) is 0 Å². The van der Waals surface area contributed by atoms with Gasteiger partial charge in [-0.05, 0) is 0 Å². The summed E-state index contributed by atoms with van der Waals surface area (Å²) in [5.74, 6) is -0.347. The van der Waals surface area contributed by atoms with E-state index in [1.165, 1.54) is 6.08 Å². The topological polar surface area (TPSA) is 38.8 Å². The smallest absolute Gasteiger partial charge is 0.332 e. The molecule has 0 spiro atoms. The van der Waals surface area contributed by atoms with Crippen molar-refractivity contribution in [2.75, 3.05) is 34.4 Å². The fourth-order valence-corrected chi connectivity index (χ4v) is 0.484. The third-order valence-corrected chi connectivity index (χ3v) is 1.04. The highest BCUT2D eigenvalue weighted by Crippen LogP contribution is 1.83. The molecule has 0 unspecified atom stereocenters. The maximum Gasteiger partial charge on any atom is 0.332 e. The predicted molar refractivity (Wildman–Crippen MR) is 45.7 cm³/mol. The maximum atomic E-state index is 10.8. The van der Waals surface area contributed by atoms with Gasteiger partial charge in [0.1, 0.15) is 6.61 Å². The van der Waals surface area contributed by atoms with Gasteiger partial charge in [0.25, 0.3) is 0 Å². The van der Waals surface area contributed by atoms with Crippen LogP contribution >= 0.6 is 0 Å². The summed E-state index contributed by atoms with van der Waals surface area (Å²) >= 11 is 0. The Bertz CT molecular complexity index is 154. The van der Waals surface area contributed by atoms with E-state index in [4.69, 9.17) is 9.47 Å². The minimum absolute atomic E-state index is 0.299. The lowest BCUT2D eigenvalue weighted by Crippen LogP contribution is -2.08. The van der Waals surface area contributed by atoms with E-state index in [-0.39, 0.29) is 5.97 Å². The van der Waals surface area contributed by atoms with Crippen LogP contribution in [0.3, 0.4) is 0 Å². The van der Waals surface area contributed by atoms with E-state index in [1.807, 2.05) is 14.1 Å². The molecule has 0 atom stereocenters. The second-order valence-electron chi connectivity index (χ2n) is 2.44. The summed E-state index contributed by atoms with van der Waals surface area (Å²) in [5, 5.41) is 0. The zero-order chi connectivity index (χ0) is 9.40. The number of carbonyl (C=O) groups is 1. The van der Waals surface area contributed by atoms with E-state index in [0.29, 0.717) is 13.2 Å². The van der Waals surface area contributed by atoms with E-state index in [2.05, 4.69) is 0 Å². The molecule has 0 aromatic heterocycles. The highest BCUT2D eigenvalue weighted by atomic mass is 16.6. The van der Waals surface area contributed by atoms with Gasteiger partial charge >= 0.3 is 5.97 Å². The van der Waals surface area contributed by atoms with Crippen molar-refractivity contribution >= 4 is 5.97 Å². The van der Waals surface area contributed by atoms with E-state index in [0.717, 1.165) is 0 Å². The normalized spacial score (nSPS) is 10.2. The molecule has 0 bridgehead atoms. The van der Waals surface area contributed by atoms with Gasteiger partial charge in [-0.25, -0.2) is 4.79 Å². The Kier molecular flexibility index (Phi) is 6.09. The largest absolute Gasteiger partial charge is 0.460 e. The molecular formula is C8H15NO3. The van der Waals surface area contributed by atoms with Gasteiger partial charge in [0.2, 0.25) is 0 Å². The molecular weight excluding hydrogens is 158 g/mol. The zero-order valence-corrected chi connectivity index (χ0v) is 7.74. The molecule has 4 nitrogen and oxygen atoms in total. The van der Waals surface area contributed by atoms with Crippen LogP contribution in [0.1, 0.15) is 0 Å². The van der Waals surface area contributed by atoms with Crippen molar-refractivity contribution < 1.29 is 14.3 Å². The first kappa shape index (κ1) is 11.0. The Morgan fingerprint density at radius 2 is 2.08 bits per heavy atom. The van der Waals surface area contributed by atoms with Crippen molar-refractivity contribution in [1.29, 1.82) is 0 Å². The first-order valence-corrected chi connectivity index (χ1v) is 3.67. The summed E-state index contributed by atoms with van der Waals surface area (Å²) < 4.78 is 9.46. The average molecular weight is 173 g/mol. The summed E-state index contributed by atoms with van der Waals surface area (Å²) in [6.07, 6.45) is 3.00. The van der Waals surface area contributed by atoms with Crippen LogP contribution in [0.15, 0.2) is 12.3 Å². The highest BCUT2D eigenvalue weighted by molar-refractivity contribution is 5.81. The van der Waals surface area contributed by atoms with Gasteiger partial charge in [0, 0.05) is 33.5 Å². The summed E-state index contributed by atoms with van der Waals surface area (Å²) in [6.45, 7) is 0.731. The van der Waals surface area contributed by atoms with Gasteiger partial charge in [0.15, 0.2) is 0 Å². The van der Waals surface area contributed by atoms with Crippen molar-refractivity contribution in [3.05, 3.63) is 12.3 Å². The molecule has 0 aromatic carbocycles. The van der Waals surface area contributed by atoms with Crippen molar-refractivity contribution in [3.63, 3.8) is 0 Å². The Morgan fingerprint density at radius 1 is 1.42 bits per heavy atom. The number of esters is 1. The monoisotopic (exact) mass is 173 g/mol. The highest BCUT2D eigenvalue weighted by Gasteiger charge is 1.94. The maximum absolute atomic E-state index is 10.8. The molecule has 12 heavy (non-hydrogen) atoms. The molecule has 70 valence electrons. The third kappa shape index (κ3) is 7.08. The fraction of sp³-hybridized carbons (Fsp3) is 0.625. The SMILES string of the molecule is COCCOC(=O)C=CN(C)C. The number of rotatable bonds is 5. The lowest BCUT2D eigenvalue weighted by Gasteiger charge is -2.03. The molecule has 0 aliphatic carbocycles. The van der Waals surface area contributed by atoms with Gasteiger partial charge < -0.3 is 14.4 Å². The second-order valence-corrected chi connectivity index (χ2v) is 2.44. The van der Waals surface area contributed by atoms with E-state index in [1.54, 1.807) is 18.2 Å². The quantitative estimate of drug-likeness (QED) is 0.339. The summed E-state index contributed by atoms with van der Waals surface area (Å²) in [7, 11) is 5.22. The lowest BCUT2D eigenvalue weighted by molar-refractivity contribution is -0.139. The number of ether oxygens (including phenoxy) is 2. The zero-order valence-electron chi connectivity index (χ0n) is 7.74. The Balaban J connectivity index is 3.46. The molecule has 0 saturated carbocycles. The molecule has 0 fully saturated rings. The number of methoxy groups -OCH3 is 1. The Hall–Kier alpha value is -1.03. The average Bonchev–Trinajstić information content (AvgIpc) is 2.01. The molecule has 0 aliphatic heterocycles. The molecule has 0 amide bonds. The van der Waals surface area contributed by atoms with Crippen molar-refractivity contribution in [1.82, 2.24) is 4.90 Å². The number of hydrogen-bond acceptors (Lipinski definition) is 4.